The van der Waals surface area contributed by atoms with Crippen molar-refractivity contribution >= 4 is 12.6 Å². The molecule has 2 nitrogen and oxygen atoms in total. The maximum atomic E-state index is 11.7. The molecule has 0 fully saturated rings. The average molecular weight is 189 g/mol. The van der Waals surface area contributed by atoms with Crippen molar-refractivity contribution in [2.24, 2.45) is 0 Å². The third-order valence-electron chi connectivity index (χ3n) is 0.969. The molecule has 0 saturated carbocycles. The number of rotatable bonds is 1. The van der Waals surface area contributed by atoms with Crippen molar-refractivity contribution in [3.63, 3.8) is 0 Å². The van der Waals surface area contributed by atoms with Gasteiger partial charge in [-0.3, -0.25) is 0 Å². The maximum Gasteiger partial charge on any atom is 1.00 e. The number of hydrogen-bond acceptors (Lipinski definition) is 2. The zero-order valence-electron chi connectivity index (χ0n) is 6.14. The minimum Gasteiger partial charge on any atom is -0.443 e. The Hall–Kier alpha value is 0.701. The summed E-state index contributed by atoms with van der Waals surface area (Å²) in [4.78, 5) is 0. The van der Waals surface area contributed by atoms with E-state index in [1.807, 2.05) is 0 Å². The number of aromatic nitrogens is 1. The largest absolute Gasteiger partial charge is 1.00 e. The molecule has 0 aromatic carbocycles. The van der Waals surface area contributed by atoms with Crippen LogP contribution in [0.4, 0.5) is 12.9 Å². The van der Waals surface area contributed by atoms with Gasteiger partial charge in [-0.05, 0) is 13.0 Å². The summed E-state index contributed by atoms with van der Waals surface area (Å²) in [5, 5.41) is 3.10. The molecule has 0 amide bonds. The molecule has 1 heterocycles. The second-order valence-corrected chi connectivity index (χ2v) is 1.95. The van der Waals surface area contributed by atoms with Gasteiger partial charge in [-0.15, -0.1) is 0 Å². The molecule has 0 saturated heterocycles. The molecule has 11 heavy (non-hydrogen) atoms. The molecule has 7 heteroatoms. The second kappa shape index (κ2) is 4.09. The van der Waals surface area contributed by atoms with Gasteiger partial charge in [0.25, 0.3) is 0 Å². The SMILES string of the molecule is Cc1cc([B-](F)(F)F)on1.[K+]. The van der Waals surface area contributed by atoms with Crippen LogP contribution >= 0.6 is 0 Å². The normalized spacial score (nSPS) is 10.9. The molecule has 1 rings (SSSR count). The van der Waals surface area contributed by atoms with E-state index < -0.39 is 12.6 Å². The van der Waals surface area contributed by atoms with Crippen molar-refractivity contribution in [3.05, 3.63) is 11.8 Å². The smallest absolute Gasteiger partial charge is 0.443 e. The van der Waals surface area contributed by atoms with Gasteiger partial charge in [0.1, 0.15) is 0 Å². The van der Waals surface area contributed by atoms with Gasteiger partial charge in [-0.1, -0.05) is 5.16 Å². The first-order chi connectivity index (χ1) is 4.50. The maximum absolute atomic E-state index is 11.7. The van der Waals surface area contributed by atoms with Crippen LogP contribution in [0.15, 0.2) is 10.6 Å². The molecule has 56 valence electrons. The standard InChI is InChI=1S/C4H4BF3NO.K/c1-3-2-4(10-9-3)5(6,7)8;/h2H,1H3;/q-1;+1. The van der Waals surface area contributed by atoms with Gasteiger partial charge in [0, 0.05) is 0 Å². The van der Waals surface area contributed by atoms with Gasteiger partial charge in [-0.2, -0.15) is 0 Å². The van der Waals surface area contributed by atoms with Gasteiger partial charge >= 0.3 is 58.4 Å². The Labute approximate surface area is 104 Å². The van der Waals surface area contributed by atoms with E-state index in [0.29, 0.717) is 0 Å². The number of nitrogens with zero attached hydrogens (tertiary/aromatic N) is 1. The second-order valence-electron chi connectivity index (χ2n) is 1.95. The fourth-order valence-electron chi connectivity index (χ4n) is 0.538. The van der Waals surface area contributed by atoms with Crippen molar-refractivity contribution < 1.29 is 68.9 Å². The van der Waals surface area contributed by atoms with Crippen LogP contribution in [-0.4, -0.2) is 12.1 Å². The van der Waals surface area contributed by atoms with Crippen LogP contribution in [0.2, 0.25) is 0 Å². The Balaban J connectivity index is 0.000001000. The molecule has 0 aliphatic rings. The third-order valence-corrected chi connectivity index (χ3v) is 0.969. The summed E-state index contributed by atoms with van der Waals surface area (Å²) >= 11 is 0. The molecule has 0 spiro atoms. The first-order valence-corrected chi connectivity index (χ1v) is 2.63. The summed E-state index contributed by atoms with van der Waals surface area (Å²) in [6.45, 7) is -3.57. The summed E-state index contributed by atoms with van der Waals surface area (Å²) in [7, 11) is 0. The van der Waals surface area contributed by atoms with E-state index in [2.05, 4.69) is 9.68 Å². The zero-order valence-corrected chi connectivity index (χ0v) is 9.27. The molecule has 1 aromatic heterocycles. The van der Waals surface area contributed by atoms with Crippen LogP contribution in [0, 0.1) is 6.92 Å². The molecule has 0 N–H and O–H groups in total. The van der Waals surface area contributed by atoms with Crippen LogP contribution < -0.4 is 57.0 Å². The monoisotopic (exact) mass is 189 g/mol. The number of halogens is 3. The van der Waals surface area contributed by atoms with Crippen LogP contribution in [-0.2, 0) is 0 Å². The van der Waals surface area contributed by atoms with E-state index in [9.17, 15) is 12.9 Å². The molecule has 0 atom stereocenters. The molecule has 0 aliphatic carbocycles. The summed E-state index contributed by atoms with van der Waals surface area (Å²) in [6.07, 6.45) is 0. The first kappa shape index (κ1) is 11.7. The van der Waals surface area contributed by atoms with Gasteiger partial charge in [0.2, 0.25) is 0 Å². The Morgan fingerprint density at radius 2 is 2.00 bits per heavy atom. The minimum atomic E-state index is -5.01. The molecule has 0 radical (unpaired) electrons. The Morgan fingerprint density at radius 1 is 1.45 bits per heavy atom. The fraction of sp³-hybridized carbons (Fsp3) is 0.250. The molecule has 1 aromatic rings. The van der Waals surface area contributed by atoms with Crippen LogP contribution in [0.1, 0.15) is 5.69 Å². The van der Waals surface area contributed by atoms with Crippen molar-refractivity contribution in [1.29, 1.82) is 0 Å². The van der Waals surface area contributed by atoms with E-state index in [0.717, 1.165) is 6.07 Å². The average Bonchev–Trinajstić information content (AvgIpc) is 2.11. The summed E-state index contributed by atoms with van der Waals surface area (Å²) in [5.74, 6) is 0. The molecular weight excluding hydrogens is 185 g/mol. The quantitative estimate of drug-likeness (QED) is 0.479. The van der Waals surface area contributed by atoms with Crippen molar-refractivity contribution in [2.75, 3.05) is 0 Å². The van der Waals surface area contributed by atoms with Crippen molar-refractivity contribution in [2.45, 2.75) is 6.92 Å². The van der Waals surface area contributed by atoms with Crippen molar-refractivity contribution in [3.8, 4) is 0 Å². The van der Waals surface area contributed by atoms with Crippen molar-refractivity contribution in [1.82, 2.24) is 5.16 Å². The summed E-state index contributed by atoms with van der Waals surface area (Å²) in [5.41, 5.74) is -0.744. The third kappa shape index (κ3) is 3.29. The van der Waals surface area contributed by atoms with Crippen LogP contribution in [0.5, 0.6) is 0 Å². The molecule has 0 aliphatic heterocycles. The Bertz CT molecular complexity index is 235. The topological polar surface area (TPSA) is 26.0 Å². The van der Waals surface area contributed by atoms with Crippen LogP contribution in [0.25, 0.3) is 0 Å². The summed E-state index contributed by atoms with van der Waals surface area (Å²) in [6, 6.07) is 0.875. The molecule has 0 unspecified atom stereocenters. The van der Waals surface area contributed by atoms with E-state index in [-0.39, 0.29) is 57.1 Å². The fourth-order valence-corrected chi connectivity index (χ4v) is 0.538. The van der Waals surface area contributed by atoms with E-state index >= 15 is 0 Å². The number of hydrogen-bond donors (Lipinski definition) is 0. The predicted molar refractivity (Wildman–Crippen MR) is 30.0 cm³/mol. The Kier molecular flexibility index (Phi) is 4.35. The number of aryl methyl sites for hydroxylation is 1. The van der Waals surface area contributed by atoms with Gasteiger partial charge in [0.15, 0.2) is 0 Å². The zero-order chi connectivity index (χ0) is 7.78. The Morgan fingerprint density at radius 3 is 2.18 bits per heavy atom. The summed E-state index contributed by atoms with van der Waals surface area (Å²) < 4.78 is 39.2. The van der Waals surface area contributed by atoms with E-state index in [1.54, 1.807) is 0 Å². The van der Waals surface area contributed by atoms with Gasteiger partial charge in [-0.25, -0.2) is 0 Å². The van der Waals surface area contributed by atoms with E-state index in [4.69, 9.17) is 0 Å². The van der Waals surface area contributed by atoms with Gasteiger partial charge < -0.3 is 17.5 Å². The first-order valence-electron chi connectivity index (χ1n) is 2.63. The van der Waals surface area contributed by atoms with Gasteiger partial charge in [0.05, 0.1) is 11.4 Å². The molecular formula is C4H4BF3KNO. The van der Waals surface area contributed by atoms with Crippen LogP contribution in [0.3, 0.4) is 0 Å². The minimum absolute atomic E-state index is 0. The van der Waals surface area contributed by atoms with E-state index in [1.165, 1.54) is 6.92 Å². The molecule has 0 bridgehead atoms. The predicted octanol–water partition coefficient (Wildman–Crippen LogP) is -1.96.